The highest BCUT2D eigenvalue weighted by Gasteiger charge is 2.23. The number of aromatic nitrogens is 1. The molecule has 0 aliphatic carbocycles. The van der Waals surface area contributed by atoms with Gasteiger partial charge in [-0.2, -0.15) is 0 Å². The van der Waals surface area contributed by atoms with Crippen molar-refractivity contribution in [1.29, 1.82) is 0 Å². The predicted octanol–water partition coefficient (Wildman–Crippen LogP) is 4.46. The molecule has 1 saturated heterocycles. The lowest BCUT2D eigenvalue weighted by molar-refractivity contribution is -0.117. The van der Waals surface area contributed by atoms with Gasteiger partial charge in [-0.1, -0.05) is 35.9 Å². The first kappa shape index (κ1) is 24.9. The Morgan fingerprint density at radius 1 is 0.800 bits per heavy atom. The summed E-state index contributed by atoms with van der Waals surface area (Å²) in [7, 11) is 0. The van der Waals surface area contributed by atoms with Crippen molar-refractivity contribution in [3.8, 4) is 5.69 Å². The van der Waals surface area contributed by atoms with Crippen molar-refractivity contribution in [3.63, 3.8) is 0 Å². The van der Waals surface area contributed by atoms with E-state index in [1.807, 2.05) is 52.0 Å². The number of Topliss-reactive ketones (excluding diaryl/α,β-unsaturated/α-hetero) is 1. The Hall–Kier alpha value is -3.22. The fourth-order valence-corrected chi connectivity index (χ4v) is 4.92. The number of para-hydroxylation sites is 1. The van der Waals surface area contributed by atoms with Crippen LogP contribution >= 0.6 is 0 Å². The molecule has 1 fully saturated rings. The van der Waals surface area contributed by atoms with Crippen LogP contribution in [0.3, 0.4) is 0 Å². The lowest BCUT2D eigenvalue weighted by Crippen LogP contribution is -2.49. The Labute approximate surface area is 208 Å². The average molecular weight is 473 g/mol. The van der Waals surface area contributed by atoms with Crippen molar-refractivity contribution < 1.29 is 9.59 Å². The van der Waals surface area contributed by atoms with Crippen LogP contribution in [0.2, 0.25) is 0 Å². The lowest BCUT2D eigenvalue weighted by Gasteiger charge is -2.33. The summed E-state index contributed by atoms with van der Waals surface area (Å²) in [4.78, 5) is 30.1. The number of piperazine rings is 1. The standard InChI is InChI=1S/C29H36N4O2/c1-20-9-11-25(12-10-20)33-23(4)17-26(24(33)5)27(34)18-31-13-15-32(16-14-31)19-28(35)30-29-21(2)7-6-8-22(29)3/h6-12,17H,13-16,18-19H2,1-5H3,(H,30,35). The molecule has 2 heterocycles. The van der Waals surface area contributed by atoms with Gasteiger partial charge >= 0.3 is 0 Å². The van der Waals surface area contributed by atoms with Crippen molar-refractivity contribution in [1.82, 2.24) is 14.4 Å². The molecule has 0 unspecified atom stereocenters. The number of benzene rings is 2. The summed E-state index contributed by atoms with van der Waals surface area (Å²) < 4.78 is 2.15. The highest BCUT2D eigenvalue weighted by atomic mass is 16.2. The van der Waals surface area contributed by atoms with Crippen LogP contribution in [0.1, 0.15) is 38.4 Å². The summed E-state index contributed by atoms with van der Waals surface area (Å²) in [5.74, 6) is 0.160. The Bertz CT molecular complexity index is 1200. The van der Waals surface area contributed by atoms with Gasteiger partial charge in [0.05, 0.1) is 13.1 Å². The summed E-state index contributed by atoms with van der Waals surface area (Å²) >= 11 is 0. The highest BCUT2D eigenvalue weighted by Crippen LogP contribution is 2.22. The van der Waals surface area contributed by atoms with Gasteiger partial charge in [-0.05, 0) is 63.9 Å². The van der Waals surface area contributed by atoms with Crippen molar-refractivity contribution in [2.24, 2.45) is 0 Å². The molecule has 0 radical (unpaired) electrons. The minimum absolute atomic E-state index is 0.00970. The summed E-state index contributed by atoms with van der Waals surface area (Å²) in [6.07, 6.45) is 0. The third-order valence-electron chi connectivity index (χ3n) is 6.97. The van der Waals surface area contributed by atoms with Crippen LogP contribution < -0.4 is 5.32 Å². The second kappa shape index (κ2) is 10.6. The molecule has 1 aliphatic rings. The molecule has 1 aromatic heterocycles. The van der Waals surface area contributed by atoms with Gasteiger partial charge in [-0.15, -0.1) is 0 Å². The second-order valence-electron chi connectivity index (χ2n) is 9.75. The molecule has 6 nitrogen and oxygen atoms in total. The topological polar surface area (TPSA) is 57.6 Å². The largest absolute Gasteiger partial charge is 0.324 e. The molecule has 1 amide bonds. The van der Waals surface area contributed by atoms with E-state index in [1.54, 1.807) is 0 Å². The van der Waals surface area contributed by atoms with Gasteiger partial charge in [-0.25, -0.2) is 0 Å². The first-order valence-corrected chi connectivity index (χ1v) is 12.3. The number of hydrogen-bond donors (Lipinski definition) is 1. The van der Waals surface area contributed by atoms with E-state index in [0.717, 1.165) is 65.6 Å². The fourth-order valence-electron chi connectivity index (χ4n) is 4.92. The number of aryl methyl sites for hydroxylation is 4. The van der Waals surface area contributed by atoms with Crippen molar-refractivity contribution in [3.05, 3.63) is 82.2 Å². The van der Waals surface area contributed by atoms with Crippen molar-refractivity contribution in [2.75, 3.05) is 44.6 Å². The molecule has 0 saturated carbocycles. The van der Waals surface area contributed by atoms with Crippen LogP contribution in [-0.2, 0) is 4.79 Å². The summed E-state index contributed by atoms with van der Waals surface area (Å²) in [5, 5.41) is 3.07. The number of carbonyl (C=O) groups is 2. The van der Waals surface area contributed by atoms with Crippen molar-refractivity contribution >= 4 is 17.4 Å². The molecule has 35 heavy (non-hydrogen) atoms. The number of ketones is 1. The maximum atomic E-state index is 13.2. The summed E-state index contributed by atoms with van der Waals surface area (Å²) in [6.45, 7) is 14.0. The second-order valence-corrected chi connectivity index (χ2v) is 9.75. The van der Waals surface area contributed by atoms with Gasteiger partial charge in [0.25, 0.3) is 0 Å². The van der Waals surface area contributed by atoms with Crippen LogP contribution in [0.15, 0.2) is 48.5 Å². The smallest absolute Gasteiger partial charge is 0.238 e. The number of hydrogen-bond acceptors (Lipinski definition) is 4. The van der Waals surface area contributed by atoms with E-state index in [-0.39, 0.29) is 11.7 Å². The summed E-state index contributed by atoms with van der Waals surface area (Å²) in [6, 6.07) is 16.4. The molecular weight excluding hydrogens is 436 g/mol. The van der Waals surface area contributed by atoms with Crippen LogP contribution in [0.4, 0.5) is 5.69 Å². The number of carbonyl (C=O) groups excluding carboxylic acids is 2. The molecule has 2 aromatic carbocycles. The van der Waals surface area contributed by atoms with Gasteiger partial charge in [0, 0.05) is 54.5 Å². The predicted molar refractivity (Wildman–Crippen MR) is 142 cm³/mol. The number of nitrogens with zero attached hydrogens (tertiary/aromatic N) is 3. The minimum atomic E-state index is 0.00970. The number of nitrogens with one attached hydrogen (secondary N) is 1. The van der Waals surface area contributed by atoms with Gasteiger partial charge in [0.15, 0.2) is 5.78 Å². The fraction of sp³-hybridized carbons (Fsp3) is 0.379. The minimum Gasteiger partial charge on any atom is -0.324 e. The molecule has 1 N–H and O–H groups in total. The van der Waals surface area contributed by atoms with Crippen LogP contribution in [-0.4, -0.2) is 65.3 Å². The zero-order valence-electron chi connectivity index (χ0n) is 21.5. The maximum absolute atomic E-state index is 13.2. The van der Waals surface area contributed by atoms with E-state index in [4.69, 9.17) is 0 Å². The quantitative estimate of drug-likeness (QED) is 0.516. The monoisotopic (exact) mass is 472 g/mol. The first-order chi connectivity index (χ1) is 16.7. The molecule has 0 bridgehead atoms. The Balaban J connectivity index is 1.31. The number of amides is 1. The Morgan fingerprint density at radius 3 is 1.97 bits per heavy atom. The summed E-state index contributed by atoms with van der Waals surface area (Å²) in [5.41, 5.74) is 8.19. The molecule has 4 rings (SSSR count). The van der Waals surface area contributed by atoms with Crippen molar-refractivity contribution in [2.45, 2.75) is 34.6 Å². The normalized spacial score (nSPS) is 14.8. The molecule has 6 heteroatoms. The third kappa shape index (κ3) is 5.72. The van der Waals surface area contributed by atoms with E-state index < -0.39 is 0 Å². The van der Waals surface area contributed by atoms with Gasteiger partial charge in [0.1, 0.15) is 0 Å². The SMILES string of the molecule is Cc1ccc(-n2c(C)cc(C(=O)CN3CCN(CC(=O)Nc4c(C)cccc4C)CC3)c2C)cc1. The molecule has 184 valence electrons. The van der Waals surface area contributed by atoms with E-state index >= 15 is 0 Å². The lowest BCUT2D eigenvalue weighted by atomic mass is 10.1. The molecule has 3 aromatic rings. The molecule has 1 aliphatic heterocycles. The van der Waals surface area contributed by atoms with Gasteiger partial charge in [0.2, 0.25) is 5.91 Å². The molecule has 0 atom stereocenters. The average Bonchev–Trinajstić information content (AvgIpc) is 3.12. The van der Waals surface area contributed by atoms with Crippen LogP contribution in [0.25, 0.3) is 5.69 Å². The zero-order valence-corrected chi connectivity index (χ0v) is 21.5. The Morgan fingerprint density at radius 2 is 1.37 bits per heavy atom. The Kier molecular flexibility index (Phi) is 7.53. The maximum Gasteiger partial charge on any atom is 0.238 e. The first-order valence-electron chi connectivity index (χ1n) is 12.3. The highest BCUT2D eigenvalue weighted by molar-refractivity contribution is 5.99. The van der Waals surface area contributed by atoms with Gasteiger partial charge in [-0.3, -0.25) is 19.4 Å². The third-order valence-corrected chi connectivity index (χ3v) is 6.97. The van der Waals surface area contributed by atoms with Crippen LogP contribution in [0, 0.1) is 34.6 Å². The van der Waals surface area contributed by atoms with E-state index in [0.29, 0.717) is 13.1 Å². The zero-order chi connectivity index (χ0) is 25.1. The molecular formula is C29H36N4O2. The molecule has 0 spiro atoms. The van der Waals surface area contributed by atoms with E-state index in [9.17, 15) is 9.59 Å². The van der Waals surface area contributed by atoms with E-state index in [1.165, 1.54) is 5.56 Å². The van der Waals surface area contributed by atoms with Gasteiger partial charge < -0.3 is 9.88 Å². The van der Waals surface area contributed by atoms with Crippen LogP contribution in [0.5, 0.6) is 0 Å². The number of rotatable bonds is 7. The van der Waals surface area contributed by atoms with E-state index in [2.05, 4.69) is 50.9 Å². The number of anilines is 1.